The first-order chi connectivity index (χ1) is 14.0. The zero-order valence-electron chi connectivity index (χ0n) is 16.1. The Kier molecular flexibility index (Phi) is 6.00. The lowest BCUT2D eigenvalue weighted by Crippen LogP contribution is -2.31. The van der Waals surface area contributed by atoms with E-state index in [4.69, 9.17) is 5.26 Å². The summed E-state index contributed by atoms with van der Waals surface area (Å²) in [4.78, 5) is 28.6. The number of aromatic nitrogens is 3. The van der Waals surface area contributed by atoms with Gasteiger partial charge in [0.2, 0.25) is 0 Å². The fourth-order valence-electron chi connectivity index (χ4n) is 2.58. The summed E-state index contributed by atoms with van der Waals surface area (Å²) in [6.45, 7) is 3.97. The molecule has 0 aliphatic heterocycles. The first-order valence-electron chi connectivity index (χ1n) is 9.06. The number of carbonyl (C=O) groups is 2. The highest BCUT2D eigenvalue weighted by molar-refractivity contribution is 5.96. The summed E-state index contributed by atoms with van der Waals surface area (Å²) in [6.07, 6.45) is 3.44. The van der Waals surface area contributed by atoms with Crippen LogP contribution in [0.4, 0.5) is 0 Å². The van der Waals surface area contributed by atoms with Crippen LogP contribution >= 0.6 is 0 Å². The van der Waals surface area contributed by atoms with Gasteiger partial charge in [-0.1, -0.05) is 6.07 Å². The van der Waals surface area contributed by atoms with Crippen LogP contribution in [0.15, 0.2) is 54.9 Å². The number of rotatable bonds is 6. The average Bonchev–Trinajstić information content (AvgIpc) is 3.20. The molecule has 0 aliphatic rings. The van der Waals surface area contributed by atoms with E-state index >= 15 is 0 Å². The maximum absolute atomic E-state index is 12.4. The van der Waals surface area contributed by atoms with Gasteiger partial charge in [-0.15, -0.1) is 0 Å². The molecule has 146 valence electrons. The van der Waals surface area contributed by atoms with Crippen molar-refractivity contribution in [1.29, 1.82) is 5.26 Å². The van der Waals surface area contributed by atoms with Crippen molar-refractivity contribution in [2.75, 3.05) is 0 Å². The van der Waals surface area contributed by atoms with E-state index in [1.54, 1.807) is 59.5 Å². The predicted octanol–water partition coefficient (Wildman–Crippen LogP) is 2.21. The maximum atomic E-state index is 12.4. The Morgan fingerprint density at radius 1 is 1.10 bits per heavy atom. The molecule has 2 N–H and O–H groups in total. The van der Waals surface area contributed by atoms with Gasteiger partial charge in [-0.05, 0) is 50.2 Å². The molecule has 0 atom stereocenters. The van der Waals surface area contributed by atoms with Gasteiger partial charge < -0.3 is 10.6 Å². The SMILES string of the molecule is CC(C)NC(=O)c1cccc(C(=O)NCc2cnn(-c3ccc(C#N)cc3)c2)n1. The molecule has 29 heavy (non-hydrogen) atoms. The third-order valence-electron chi connectivity index (χ3n) is 3.98. The molecule has 2 amide bonds. The molecule has 3 rings (SSSR count). The third-order valence-corrected chi connectivity index (χ3v) is 3.98. The summed E-state index contributed by atoms with van der Waals surface area (Å²) in [7, 11) is 0. The van der Waals surface area contributed by atoms with Gasteiger partial charge in [-0.3, -0.25) is 9.59 Å². The number of nitrogens with one attached hydrogen (secondary N) is 2. The Morgan fingerprint density at radius 2 is 1.79 bits per heavy atom. The highest BCUT2D eigenvalue weighted by Gasteiger charge is 2.13. The molecule has 0 radical (unpaired) electrons. The smallest absolute Gasteiger partial charge is 0.270 e. The lowest BCUT2D eigenvalue weighted by Gasteiger charge is -2.08. The number of nitrogens with zero attached hydrogens (tertiary/aromatic N) is 4. The second kappa shape index (κ2) is 8.80. The fraction of sp³-hybridized carbons (Fsp3) is 0.190. The van der Waals surface area contributed by atoms with E-state index in [0.717, 1.165) is 11.3 Å². The largest absolute Gasteiger partial charge is 0.349 e. The molecule has 0 fully saturated rings. The summed E-state index contributed by atoms with van der Waals surface area (Å²) in [5.74, 6) is -0.700. The van der Waals surface area contributed by atoms with E-state index in [1.165, 1.54) is 0 Å². The molecule has 0 aliphatic carbocycles. The van der Waals surface area contributed by atoms with Gasteiger partial charge in [-0.2, -0.15) is 10.4 Å². The van der Waals surface area contributed by atoms with Crippen LogP contribution in [0.3, 0.4) is 0 Å². The number of pyridine rings is 1. The van der Waals surface area contributed by atoms with E-state index in [-0.39, 0.29) is 35.8 Å². The van der Waals surface area contributed by atoms with Crippen LogP contribution in [-0.4, -0.2) is 32.6 Å². The van der Waals surface area contributed by atoms with Gasteiger partial charge in [0.05, 0.1) is 23.5 Å². The number of hydrogen-bond acceptors (Lipinski definition) is 5. The summed E-state index contributed by atoms with van der Waals surface area (Å²) in [5, 5.41) is 18.7. The lowest BCUT2D eigenvalue weighted by molar-refractivity contribution is 0.0936. The number of benzene rings is 1. The monoisotopic (exact) mass is 388 g/mol. The van der Waals surface area contributed by atoms with Gasteiger partial charge in [0, 0.05) is 24.3 Å². The van der Waals surface area contributed by atoms with Crippen molar-refractivity contribution in [2.45, 2.75) is 26.4 Å². The molecule has 2 heterocycles. The van der Waals surface area contributed by atoms with Crippen LogP contribution in [-0.2, 0) is 6.54 Å². The standard InChI is InChI=1S/C21H20N6O2/c1-14(2)25-21(29)19-5-3-4-18(26-19)20(28)23-11-16-12-24-27(13-16)17-8-6-15(10-22)7-9-17/h3-9,12-14H,11H2,1-2H3,(H,23,28)(H,25,29). The minimum Gasteiger partial charge on any atom is -0.349 e. The minimum absolute atomic E-state index is 0.0191. The van der Waals surface area contributed by atoms with Crippen molar-refractivity contribution in [2.24, 2.45) is 0 Å². The molecule has 1 aromatic carbocycles. The Balaban J connectivity index is 1.63. The minimum atomic E-state index is -0.379. The van der Waals surface area contributed by atoms with Crippen molar-refractivity contribution in [3.63, 3.8) is 0 Å². The number of carbonyl (C=O) groups excluding carboxylic acids is 2. The van der Waals surface area contributed by atoms with Crippen molar-refractivity contribution in [3.05, 3.63) is 77.4 Å². The molecule has 8 heteroatoms. The highest BCUT2D eigenvalue weighted by atomic mass is 16.2. The van der Waals surface area contributed by atoms with Crippen LogP contribution < -0.4 is 10.6 Å². The van der Waals surface area contributed by atoms with Crippen LogP contribution in [0.5, 0.6) is 0 Å². The van der Waals surface area contributed by atoms with Crippen LogP contribution in [0.1, 0.15) is 46.0 Å². The fourth-order valence-corrected chi connectivity index (χ4v) is 2.58. The quantitative estimate of drug-likeness (QED) is 0.672. The number of amides is 2. The normalized spacial score (nSPS) is 10.4. The van der Waals surface area contributed by atoms with Crippen LogP contribution in [0.25, 0.3) is 5.69 Å². The first-order valence-corrected chi connectivity index (χ1v) is 9.06. The molecular weight excluding hydrogens is 368 g/mol. The van der Waals surface area contributed by atoms with Gasteiger partial charge >= 0.3 is 0 Å². The van der Waals surface area contributed by atoms with Gasteiger partial charge in [0.1, 0.15) is 11.4 Å². The summed E-state index contributed by atoms with van der Waals surface area (Å²) in [6, 6.07) is 13.8. The maximum Gasteiger partial charge on any atom is 0.270 e. The zero-order chi connectivity index (χ0) is 20.8. The lowest BCUT2D eigenvalue weighted by atomic mass is 10.2. The molecule has 0 bridgehead atoms. The van der Waals surface area contributed by atoms with Gasteiger partial charge in [-0.25, -0.2) is 9.67 Å². The average molecular weight is 388 g/mol. The second-order valence-electron chi connectivity index (χ2n) is 6.67. The molecule has 8 nitrogen and oxygen atoms in total. The van der Waals surface area contributed by atoms with Crippen molar-refractivity contribution >= 4 is 11.8 Å². The van der Waals surface area contributed by atoms with Crippen molar-refractivity contribution in [1.82, 2.24) is 25.4 Å². The predicted molar refractivity (Wildman–Crippen MR) is 106 cm³/mol. The molecule has 2 aromatic heterocycles. The van der Waals surface area contributed by atoms with Crippen LogP contribution in [0.2, 0.25) is 0 Å². The van der Waals surface area contributed by atoms with Gasteiger partial charge in [0.25, 0.3) is 11.8 Å². The van der Waals surface area contributed by atoms with E-state index in [2.05, 4.69) is 26.8 Å². The summed E-state index contributed by atoms with van der Waals surface area (Å²) in [5.41, 5.74) is 2.55. The first kappa shape index (κ1) is 19.8. The van der Waals surface area contributed by atoms with E-state index in [0.29, 0.717) is 5.56 Å². The molecule has 3 aromatic rings. The molecular formula is C21H20N6O2. The van der Waals surface area contributed by atoms with E-state index in [9.17, 15) is 9.59 Å². The Hall–Kier alpha value is -3.99. The Morgan fingerprint density at radius 3 is 2.45 bits per heavy atom. The van der Waals surface area contributed by atoms with E-state index < -0.39 is 0 Å². The highest BCUT2D eigenvalue weighted by Crippen LogP contribution is 2.10. The summed E-state index contributed by atoms with van der Waals surface area (Å²) < 4.78 is 1.66. The Bertz CT molecular complexity index is 1060. The zero-order valence-corrected chi connectivity index (χ0v) is 16.1. The Labute approximate surface area is 168 Å². The van der Waals surface area contributed by atoms with Crippen LogP contribution in [0, 0.1) is 11.3 Å². The molecule has 0 unspecified atom stereocenters. The van der Waals surface area contributed by atoms with Crippen molar-refractivity contribution < 1.29 is 9.59 Å². The molecule has 0 saturated carbocycles. The van der Waals surface area contributed by atoms with Crippen molar-refractivity contribution in [3.8, 4) is 11.8 Å². The molecule has 0 saturated heterocycles. The van der Waals surface area contributed by atoms with Gasteiger partial charge in [0.15, 0.2) is 0 Å². The molecule has 0 spiro atoms. The summed E-state index contributed by atoms with van der Waals surface area (Å²) >= 11 is 0. The topological polar surface area (TPSA) is 113 Å². The number of nitriles is 1. The van der Waals surface area contributed by atoms with E-state index in [1.807, 2.05) is 13.8 Å². The number of hydrogen-bond donors (Lipinski definition) is 2. The second-order valence-corrected chi connectivity index (χ2v) is 6.67. The third kappa shape index (κ3) is 5.05.